The molecule has 2 fully saturated rings. The van der Waals surface area contributed by atoms with Gasteiger partial charge >= 0.3 is 6.03 Å². The summed E-state index contributed by atoms with van der Waals surface area (Å²) in [5.74, 6) is 1.08. The number of aryl methyl sites for hydroxylation is 1. The molecule has 0 aliphatic carbocycles. The maximum absolute atomic E-state index is 12.3. The first-order chi connectivity index (χ1) is 12.7. The van der Waals surface area contributed by atoms with E-state index in [1.54, 1.807) is 4.90 Å². The van der Waals surface area contributed by atoms with Crippen molar-refractivity contribution in [2.75, 3.05) is 13.1 Å². The van der Waals surface area contributed by atoms with Gasteiger partial charge in [0.1, 0.15) is 11.8 Å². The molecule has 5 heteroatoms. The number of nitrogens with zero attached hydrogens (tertiary/aromatic N) is 2. The molecule has 26 heavy (non-hydrogen) atoms. The summed E-state index contributed by atoms with van der Waals surface area (Å²) in [4.78, 5) is 27.7. The van der Waals surface area contributed by atoms with Crippen LogP contribution < -0.4 is 4.74 Å². The molecule has 5 nitrogen and oxygen atoms in total. The Labute approximate surface area is 155 Å². The zero-order valence-electron chi connectivity index (χ0n) is 15.4. The molecule has 1 aromatic carbocycles. The van der Waals surface area contributed by atoms with Crippen molar-refractivity contribution in [1.29, 1.82) is 0 Å². The van der Waals surface area contributed by atoms with Gasteiger partial charge in [-0.2, -0.15) is 0 Å². The van der Waals surface area contributed by atoms with Crippen LogP contribution in [0, 0.1) is 0 Å². The predicted octanol–water partition coefficient (Wildman–Crippen LogP) is 3.76. The molecule has 1 aromatic rings. The highest BCUT2D eigenvalue weighted by Gasteiger charge is 2.46. The third kappa shape index (κ3) is 3.44. The van der Waals surface area contributed by atoms with E-state index >= 15 is 0 Å². The SMILES string of the molecule is O=C1C2CCCN2C(=O)N1CCCCCCC1CCc2ccccc2O1. The number of rotatable bonds is 7. The Bertz CT molecular complexity index is 653. The normalized spacial score (nSPS) is 24.6. The van der Waals surface area contributed by atoms with Gasteiger partial charge in [-0.25, -0.2) is 4.79 Å². The fourth-order valence-corrected chi connectivity index (χ4v) is 4.47. The van der Waals surface area contributed by atoms with E-state index in [0.29, 0.717) is 12.6 Å². The maximum atomic E-state index is 12.3. The summed E-state index contributed by atoms with van der Waals surface area (Å²) in [7, 11) is 0. The van der Waals surface area contributed by atoms with Crippen molar-refractivity contribution >= 4 is 11.9 Å². The van der Waals surface area contributed by atoms with Crippen molar-refractivity contribution in [3.8, 4) is 5.75 Å². The Kier molecular flexibility index (Phi) is 5.14. The van der Waals surface area contributed by atoms with E-state index in [4.69, 9.17) is 4.74 Å². The Hall–Kier alpha value is -2.04. The minimum Gasteiger partial charge on any atom is -0.490 e. The molecule has 3 amide bonds. The number of carbonyl (C=O) groups excluding carboxylic acids is 2. The quantitative estimate of drug-likeness (QED) is 0.552. The summed E-state index contributed by atoms with van der Waals surface area (Å²) in [6.45, 7) is 1.33. The van der Waals surface area contributed by atoms with Crippen molar-refractivity contribution < 1.29 is 14.3 Å². The molecule has 0 N–H and O–H groups in total. The van der Waals surface area contributed by atoms with Gasteiger partial charge in [-0.15, -0.1) is 0 Å². The molecular formula is C21H28N2O3. The van der Waals surface area contributed by atoms with Crippen LogP contribution in [0.25, 0.3) is 0 Å². The van der Waals surface area contributed by atoms with E-state index in [2.05, 4.69) is 18.2 Å². The van der Waals surface area contributed by atoms with Crippen LogP contribution >= 0.6 is 0 Å². The van der Waals surface area contributed by atoms with Crippen LogP contribution in [0.2, 0.25) is 0 Å². The van der Waals surface area contributed by atoms with E-state index in [9.17, 15) is 9.59 Å². The number of hydrogen-bond donors (Lipinski definition) is 0. The maximum Gasteiger partial charge on any atom is 0.327 e. The van der Waals surface area contributed by atoms with Gasteiger partial charge in [0.15, 0.2) is 0 Å². The minimum absolute atomic E-state index is 0.0294. The first kappa shape index (κ1) is 17.4. The van der Waals surface area contributed by atoms with Crippen molar-refractivity contribution in [2.45, 2.75) is 69.9 Å². The number of carbonyl (C=O) groups is 2. The van der Waals surface area contributed by atoms with Crippen LogP contribution in [0.3, 0.4) is 0 Å². The first-order valence-electron chi connectivity index (χ1n) is 10.1. The molecule has 3 aliphatic heterocycles. The smallest absolute Gasteiger partial charge is 0.327 e. The van der Waals surface area contributed by atoms with E-state index < -0.39 is 0 Å². The highest BCUT2D eigenvalue weighted by Crippen LogP contribution is 2.29. The number of unbranched alkanes of at least 4 members (excludes halogenated alkanes) is 3. The molecule has 140 valence electrons. The van der Waals surface area contributed by atoms with Gasteiger partial charge in [-0.1, -0.05) is 31.0 Å². The number of hydrogen-bond acceptors (Lipinski definition) is 3. The number of urea groups is 1. The lowest BCUT2D eigenvalue weighted by Gasteiger charge is -2.26. The standard InChI is InChI=1S/C21H28N2O3/c24-20-18-10-7-15-22(18)21(25)23(20)14-6-2-1-3-9-17-13-12-16-8-4-5-11-19(16)26-17/h4-5,8,11,17-18H,1-3,6-7,9-10,12-15H2. The molecule has 2 saturated heterocycles. The number of ether oxygens (including phenoxy) is 1. The highest BCUT2D eigenvalue weighted by atomic mass is 16.5. The number of amides is 3. The zero-order valence-corrected chi connectivity index (χ0v) is 15.4. The summed E-state index contributed by atoms with van der Waals surface area (Å²) >= 11 is 0. The van der Waals surface area contributed by atoms with Gasteiger partial charge in [0.2, 0.25) is 0 Å². The molecule has 0 radical (unpaired) electrons. The second kappa shape index (κ2) is 7.68. The molecule has 0 bridgehead atoms. The summed E-state index contributed by atoms with van der Waals surface area (Å²) in [6.07, 6.45) is 9.68. The van der Waals surface area contributed by atoms with E-state index in [1.807, 2.05) is 6.07 Å². The minimum atomic E-state index is -0.158. The van der Waals surface area contributed by atoms with Gasteiger partial charge in [0.05, 0.1) is 6.10 Å². The van der Waals surface area contributed by atoms with E-state index in [1.165, 1.54) is 10.5 Å². The lowest BCUT2D eigenvalue weighted by atomic mass is 9.98. The van der Waals surface area contributed by atoms with E-state index in [-0.39, 0.29) is 18.0 Å². The molecule has 3 heterocycles. The predicted molar refractivity (Wildman–Crippen MR) is 99.1 cm³/mol. The van der Waals surface area contributed by atoms with Crippen LogP contribution in [-0.2, 0) is 11.2 Å². The number of para-hydroxylation sites is 1. The van der Waals surface area contributed by atoms with Crippen LogP contribution in [0.4, 0.5) is 4.79 Å². The first-order valence-corrected chi connectivity index (χ1v) is 10.1. The van der Waals surface area contributed by atoms with Gasteiger partial charge in [0.25, 0.3) is 5.91 Å². The monoisotopic (exact) mass is 356 g/mol. The van der Waals surface area contributed by atoms with Crippen LogP contribution in [-0.4, -0.2) is 47.0 Å². The molecule has 0 saturated carbocycles. The van der Waals surface area contributed by atoms with Gasteiger partial charge < -0.3 is 9.64 Å². The third-order valence-electron chi connectivity index (χ3n) is 5.94. The summed E-state index contributed by atoms with van der Waals surface area (Å²) in [5, 5.41) is 0. The Morgan fingerprint density at radius 2 is 1.88 bits per heavy atom. The van der Waals surface area contributed by atoms with Crippen LogP contribution in [0.5, 0.6) is 5.75 Å². The zero-order chi connectivity index (χ0) is 17.9. The molecule has 2 atom stereocenters. The molecule has 0 spiro atoms. The van der Waals surface area contributed by atoms with Crippen LogP contribution in [0.15, 0.2) is 24.3 Å². The second-order valence-corrected chi connectivity index (χ2v) is 7.71. The Morgan fingerprint density at radius 1 is 1.04 bits per heavy atom. The lowest BCUT2D eigenvalue weighted by Crippen LogP contribution is -2.33. The fraction of sp³-hybridized carbons (Fsp3) is 0.619. The fourth-order valence-electron chi connectivity index (χ4n) is 4.47. The number of benzene rings is 1. The third-order valence-corrected chi connectivity index (χ3v) is 5.94. The van der Waals surface area contributed by atoms with Crippen LogP contribution in [0.1, 0.15) is 56.9 Å². The Morgan fingerprint density at radius 3 is 2.77 bits per heavy atom. The molecular weight excluding hydrogens is 328 g/mol. The summed E-state index contributed by atoms with van der Waals surface area (Å²) in [6, 6.07) is 8.10. The van der Waals surface area contributed by atoms with Crippen molar-refractivity contribution in [3.05, 3.63) is 29.8 Å². The van der Waals surface area contributed by atoms with Crippen molar-refractivity contribution in [3.63, 3.8) is 0 Å². The summed E-state index contributed by atoms with van der Waals surface area (Å²) in [5.41, 5.74) is 1.32. The van der Waals surface area contributed by atoms with Crippen molar-refractivity contribution in [1.82, 2.24) is 9.80 Å². The average Bonchev–Trinajstić information content (AvgIpc) is 3.23. The largest absolute Gasteiger partial charge is 0.490 e. The van der Waals surface area contributed by atoms with Crippen molar-refractivity contribution in [2.24, 2.45) is 0 Å². The molecule has 0 aromatic heterocycles. The number of fused-ring (bicyclic) bond motifs is 2. The van der Waals surface area contributed by atoms with E-state index in [0.717, 1.165) is 70.1 Å². The highest BCUT2D eigenvalue weighted by molar-refractivity contribution is 6.04. The average molecular weight is 356 g/mol. The second-order valence-electron chi connectivity index (χ2n) is 7.71. The topological polar surface area (TPSA) is 49.9 Å². The lowest BCUT2D eigenvalue weighted by molar-refractivity contribution is -0.128. The molecule has 2 unspecified atom stereocenters. The molecule has 3 aliphatic rings. The summed E-state index contributed by atoms with van der Waals surface area (Å²) < 4.78 is 6.09. The van der Waals surface area contributed by atoms with Gasteiger partial charge in [-0.05, 0) is 56.6 Å². The van der Waals surface area contributed by atoms with Gasteiger partial charge in [-0.3, -0.25) is 9.69 Å². The Balaban J connectivity index is 1.13. The van der Waals surface area contributed by atoms with Gasteiger partial charge in [0, 0.05) is 13.1 Å². The molecule has 4 rings (SSSR count). The number of imide groups is 1.